The second-order valence-corrected chi connectivity index (χ2v) is 11.1. The van der Waals surface area contributed by atoms with Crippen LogP contribution in [0.25, 0.3) is 11.1 Å². The summed E-state index contributed by atoms with van der Waals surface area (Å²) in [5.41, 5.74) is -4.59. The smallest absolute Gasteiger partial charge is 0.385 e. The van der Waals surface area contributed by atoms with Crippen molar-refractivity contribution >= 4 is 5.91 Å². The number of aliphatic hydroxyl groups is 1. The summed E-state index contributed by atoms with van der Waals surface area (Å²) in [4.78, 5) is 12.8. The number of rotatable bonds is 10. The SMILES string of the molecule is CC(C)(F)C[C@H](N[C@@H](c1ccc(-c2ccc(C(C)(O)CC(F)(F)F)cc2)cc1)C(F)(F)F)C(=O)NC1(C#N)CC1. The van der Waals surface area contributed by atoms with Gasteiger partial charge in [-0.2, -0.15) is 31.6 Å². The van der Waals surface area contributed by atoms with Crippen LogP contribution in [0.5, 0.6) is 0 Å². The first-order chi connectivity index (χ1) is 18.2. The highest BCUT2D eigenvalue weighted by molar-refractivity contribution is 5.83. The second-order valence-electron chi connectivity index (χ2n) is 11.1. The Bertz CT molecular complexity index is 1220. The number of amides is 1. The van der Waals surface area contributed by atoms with Crippen LogP contribution in [0.1, 0.15) is 63.6 Å². The fourth-order valence-corrected chi connectivity index (χ4v) is 4.39. The number of hydrogen-bond donors (Lipinski definition) is 3. The summed E-state index contributed by atoms with van der Waals surface area (Å²) in [6.45, 7) is 3.31. The number of carbonyl (C=O) groups is 1. The largest absolute Gasteiger partial charge is 0.407 e. The molecule has 218 valence electrons. The van der Waals surface area contributed by atoms with Crippen molar-refractivity contribution in [1.29, 1.82) is 5.26 Å². The summed E-state index contributed by atoms with van der Waals surface area (Å²) in [7, 11) is 0. The van der Waals surface area contributed by atoms with Crippen LogP contribution in [0, 0.1) is 11.3 Å². The fraction of sp³-hybridized carbons (Fsp3) is 0.500. The maximum absolute atomic E-state index is 14.5. The first-order valence-corrected chi connectivity index (χ1v) is 12.5. The van der Waals surface area contributed by atoms with Crippen molar-refractivity contribution in [3.05, 3.63) is 59.7 Å². The molecule has 0 radical (unpaired) electrons. The molecule has 1 unspecified atom stereocenters. The van der Waals surface area contributed by atoms with E-state index in [1.165, 1.54) is 48.5 Å². The Balaban J connectivity index is 1.83. The highest BCUT2D eigenvalue weighted by Crippen LogP contribution is 2.38. The van der Waals surface area contributed by atoms with Crippen molar-refractivity contribution in [2.75, 3.05) is 0 Å². The van der Waals surface area contributed by atoms with Crippen LogP contribution in [0.4, 0.5) is 30.7 Å². The molecule has 0 bridgehead atoms. The van der Waals surface area contributed by atoms with Gasteiger partial charge in [0.25, 0.3) is 0 Å². The molecule has 0 aliphatic heterocycles. The van der Waals surface area contributed by atoms with E-state index in [2.05, 4.69) is 10.6 Å². The van der Waals surface area contributed by atoms with Crippen LogP contribution >= 0.6 is 0 Å². The molecule has 2 aromatic carbocycles. The zero-order valence-corrected chi connectivity index (χ0v) is 22.1. The summed E-state index contributed by atoms with van der Waals surface area (Å²) in [6.07, 6.45) is -10.8. The van der Waals surface area contributed by atoms with E-state index < -0.39 is 60.0 Å². The van der Waals surface area contributed by atoms with Crippen molar-refractivity contribution in [3.8, 4) is 17.2 Å². The number of halogens is 7. The Kier molecular flexibility index (Phi) is 8.63. The van der Waals surface area contributed by atoms with Gasteiger partial charge in [-0.1, -0.05) is 48.5 Å². The molecular weight excluding hydrogens is 543 g/mol. The van der Waals surface area contributed by atoms with Gasteiger partial charge in [-0.3, -0.25) is 10.1 Å². The minimum atomic E-state index is -4.86. The first kappa shape index (κ1) is 31.4. The van der Waals surface area contributed by atoms with Crippen molar-refractivity contribution in [2.24, 2.45) is 0 Å². The molecule has 1 amide bonds. The minimum absolute atomic E-state index is 0.0241. The van der Waals surface area contributed by atoms with Gasteiger partial charge in [-0.15, -0.1) is 0 Å². The summed E-state index contributed by atoms with van der Waals surface area (Å²) < 4.78 is 95.2. The van der Waals surface area contributed by atoms with Crippen molar-refractivity contribution < 1.29 is 40.6 Å². The molecule has 1 fully saturated rings. The van der Waals surface area contributed by atoms with Gasteiger partial charge in [0, 0.05) is 6.42 Å². The Morgan fingerprint density at radius 2 is 1.45 bits per heavy atom. The Hall–Kier alpha value is -3.17. The summed E-state index contributed by atoms with van der Waals surface area (Å²) in [6, 6.07) is 8.62. The molecule has 3 N–H and O–H groups in total. The lowest BCUT2D eigenvalue weighted by Crippen LogP contribution is -2.53. The molecule has 40 heavy (non-hydrogen) atoms. The van der Waals surface area contributed by atoms with E-state index in [0.717, 1.165) is 20.8 Å². The standard InChI is InChI=1S/C28H30F7N3O2/c1-24(2,29)14-21(23(39)38-26(16-36)12-13-26)37-22(28(33,34)35)19-6-4-17(5-7-19)18-8-10-20(11-9-18)25(3,40)15-27(30,31)32/h4-11,21-22,37,40H,12-15H2,1-3H3,(H,38,39)/t21-,22-,25?/m0/s1. The minimum Gasteiger partial charge on any atom is -0.385 e. The third-order valence-corrected chi connectivity index (χ3v) is 6.66. The fourth-order valence-electron chi connectivity index (χ4n) is 4.39. The molecule has 2 aromatic rings. The number of nitriles is 1. The topological polar surface area (TPSA) is 85.2 Å². The number of hydrogen-bond acceptors (Lipinski definition) is 4. The number of carbonyl (C=O) groups excluding carboxylic acids is 1. The first-order valence-electron chi connectivity index (χ1n) is 12.5. The van der Waals surface area contributed by atoms with Gasteiger partial charge < -0.3 is 10.4 Å². The van der Waals surface area contributed by atoms with E-state index in [0.29, 0.717) is 24.0 Å². The van der Waals surface area contributed by atoms with Crippen molar-refractivity contribution in [3.63, 3.8) is 0 Å². The van der Waals surface area contributed by atoms with Crippen LogP contribution < -0.4 is 10.6 Å². The van der Waals surface area contributed by atoms with E-state index in [1.54, 1.807) is 0 Å². The predicted molar refractivity (Wildman–Crippen MR) is 133 cm³/mol. The van der Waals surface area contributed by atoms with Gasteiger partial charge in [0.15, 0.2) is 0 Å². The maximum atomic E-state index is 14.5. The van der Waals surface area contributed by atoms with Gasteiger partial charge >= 0.3 is 12.4 Å². The third-order valence-electron chi connectivity index (χ3n) is 6.66. The lowest BCUT2D eigenvalue weighted by atomic mass is 9.90. The molecule has 5 nitrogen and oxygen atoms in total. The van der Waals surface area contributed by atoms with Gasteiger partial charge in [0.1, 0.15) is 17.2 Å². The molecule has 3 atom stereocenters. The second kappa shape index (κ2) is 11.0. The van der Waals surface area contributed by atoms with Gasteiger partial charge in [-0.05, 0) is 55.9 Å². The van der Waals surface area contributed by atoms with Crippen LogP contribution in [0.2, 0.25) is 0 Å². The number of nitrogens with one attached hydrogen (secondary N) is 2. The molecule has 0 saturated heterocycles. The molecule has 3 rings (SSSR count). The summed E-state index contributed by atoms with van der Waals surface area (Å²) in [5, 5.41) is 24.1. The van der Waals surface area contributed by atoms with E-state index in [9.17, 15) is 45.9 Å². The summed E-state index contributed by atoms with van der Waals surface area (Å²) in [5.74, 6) is -0.905. The van der Waals surface area contributed by atoms with Crippen molar-refractivity contribution in [2.45, 2.75) is 87.7 Å². The monoisotopic (exact) mass is 573 g/mol. The van der Waals surface area contributed by atoms with E-state index in [1.807, 2.05) is 6.07 Å². The molecule has 1 saturated carbocycles. The maximum Gasteiger partial charge on any atom is 0.407 e. The molecule has 12 heteroatoms. The van der Waals surface area contributed by atoms with Crippen LogP contribution in [0.15, 0.2) is 48.5 Å². The van der Waals surface area contributed by atoms with Crippen LogP contribution in [-0.4, -0.2) is 40.6 Å². The van der Waals surface area contributed by atoms with Crippen molar-refractivity contribution in [1.82, 2.24) is 10.6 Å². The van der Waals surface area contributed by atoms with Crippen LogP contribution in [0.3, 0.4) is 0 Å². The summed E-state index contributed by atoms with van der Waals surface area (Å²) >= 11 is 0. The number of nitrogens with zero attached hydrogens (tertiary/aromatic N) is 1. The quantitative estimate of drug-likeness (QED) is 0.288. The molecular formula is C28H30F7N3O2. The molecule has 0 aromatic heterocycles. The van der Waals surface area contributed by atoms with Gasteiger partial charge in [0.2, 0.25) is 5.91 Å². The molecule has 0 heterocycles. The van der Waals surface area contributed by atoms with E-state index in [-0.39, 0.29) is 11.1 Å². The highest BCUT2D eigenvalue weighted by Gasteiger charge is 2.48. The predicted octanol–water partition coefficient (Wildman–Crippen LogP) is 6.39. The van der Waals surface area contributed by atoms with Gasteiger partial charge in [0.05, 0.1) is 24.1 Å². The Morgan fingerprint density at radius 1 is 0.950 bits per heavy atom. The Morgan fingerprint density at radius 3 is 1.85 bits per heavy atom. The zero-order valence-electron chi connectivity index (χ0n) is 22.1. The number of benzene rings is 2. The van der Waals surface area contributed by atoms with E-state index in [4.69, 9.17) is 0 Å². The molecule has 0 spiro atoms. The molecule has 1 aliphatic rings. The third kappa shape index (κ3) is 8.41. The lowest BCUT2D eigenvalue weighted by molar-refractivity contribution is -0.174. The van der Waals surface area contributed by atoms with E-state index >= 15 is 0 Å². The van der Waals surface area contributed by atoms with Crippen LogP contribution in [-0.2, 0) is 10.4 Å². The normalized spacial score (nSPS) is 18.2. The zero-order chi connectivity index (χ0) is 30.1. The van der Waals surface area contributed by atoms with Gasteiger partial charge in [-0.25, -0.2) is 4.39 Å². The average molecular weight is 574 g/mol. The average Bonchev–Trinajstić information content (AvgIpc) is 3.59. The highest BCUT2D eigenvalue weighted by atomic mass is 19.4. The lowest BCUT2D eigenvalue weighted by Gasteiger charge is -2.30. The molecule has 1 aliphatic carbocycles. The number of alkyl halides is 7. The Labute approximate surface area is 227 Å².